The summed E-state index contributed by atoms with van der Waals surface area (Å²) in [5.41, 5.74) is 0.775. The molecule has 0 radical (unpaired) electrons. The number of carboxylic acid groups (broad SMARTS) is 1. The van der Waals surface area contributed by atoms with Gasteiger partial charge in [-0.05, 0) is 61.6 Å². The van der Waals surface area contributed by atoms with Gasteiger partial charge in [-0.1, -0.05) is 60.7 Å². The summed E-state index contributed by atoms with van der Waals surface area (Å²) in [5, 5.41) is 40.8. The van der Waals surface area contributed by atoms with Crippen LogP contribution in [0.5, 0.6) is 0 Å². The van der Waals surface area contributed by atoms with Crippen molar-refractivity contribution in [2.24, 2.45) is 11.8 Å². The van der Waals surface area contributed by atoms with Gasteiger partial charge in [-0.25, -0.2) is 0 Å². The molecule has 0 heterocycles. The summed E-state index contributed by atoms with van der Waals surface area (Å²) < 4.78 is 0. The van der Waals surface area contributed by atoms with Crippen LogP contribution in [0.4, 0.5) is 0 Å². The highest BCUT2D eigenvalue weighted by Crippen LogP contribution is 2.39. The Balaban J connectivity index is 1.79. The fourth-order valence-corrected chi connectivity index (χ4v) is 4.77. The molecule has 4 N–H and O–H groups in total. The summed E-state index contributed by atoms with van der Waals surface area (Å²) in [6.45, 7) is 0. The van der Waals surface area contributed by atoms with Gasteiger partial charge < -0.3 is 20.4 Å². The van der Waals surface area contributed by atoms with E-state index in [0.717, 1.165) is 31.2 Å². The summed E-state index contributed by atoms with van der Waals surface area (Å²) in [7, 11) is 0. The maximum atomic E-state index is 10.5. The van der Waals surface area contributed by atoms with Gasteiger partial charge in [0.2, 0.25) is 0 Å². The number of halogens is 2. The van der Waals surface area contributed by atoms with Crippen LogP contribution in [0.25, 0.3) is 6.08 Å². The molecule has 5 nitrogen and oxygen atoms in total. The molecule has 5 atom stereocenters. The zero-order valence-electron chi connectivity index (χ0n) is 17.1. The summed E-state index contributed by atoms with van der Waals surface area (Å²) >= 11 is 12.0. The Hall–Kier alpha value is -1.11. The van der Waals surface area contributed by atoms with Crippen LogP contribution in [0.1, 0.15) is 63.4 Å². The van der Waals surface area contributed by atoms with Crippen LogP contribution in [-0.2, 0) is 4.79 Å². The third-order valence-corrected chi connectivity index (χ3v) is 6.52. The van der Waals surface area contributed by atoms with Gasteiger partial charge in [-0.15, -0.1) is 0 Å². The maximum absolute atomic E-state index is 10.5. The predicted molar refractivity (Wildman–Crippen MR) is 120 cm³/mol. The second-order valence-electron chi connectivity index (χ2n) is 8.21. The van der Waals surface area contributed by atoms with Crippen LogP contribution in [0, 0.1) is 11.8 Å². The topological polar surface area (TPSA) is 98.0 Å². The van der Waals surface area contributed by atoms with Crippen LogP contribution in [0.2, 0.25) is 10.0 Å². The lowest BCUT2D eigenvalue weighted by atomic mass is 9.85. The smallest absolute Gasteiger partial charge is 0.303 e. The molecular formula is C23H32Cl2O5. The molecule has 0 saturated heterocycles. The Kier molecular flexibility index (Phi) is 10.6. The average Bonchev–Trinajstić information content (AvgIpc) is 2.94. The van der Waals surface area contributed by atoms with E-state index in [4.69, 9.17) is 28.3 Å². The monoisotopic (exact) mass is 458 g/mol. The van der Waals surface area contributed by atoms with E-state index in [2.05, 4.69) is 0 Å². The third kappa shape index (κ3) is 8.20. The Morgan fingerprint density at radius 2 is 1.73 bits per heavy atom. The molecule has 1 fully saturated rings. The van der Waals surface area contributed by atoms with E-state index >= 15 is 0 Å². The maximum Gasteiger partial charge on any atom is 0.303 e. The number of rotatable bonds is 12. The van der Waals surface area contributed by atoms with Gasteiger partial charge in [-0.2, -0.15) is 0 Å². The number of aliphatic carboxylic acids is 1. The highest BCUT2D eigenvalue weighted by atomic mass is 35.5. The Morgan fingerprint density at radius 1 is 1.07 bits per heavy atom. The highest BCUT2D eigenvalue weighted by Gasteiger charge is 2.40. The molecule has 0 amide bonds. The first-order chi connectivity index (χ1) is 14.3. The van der Waals surface area contributed by atoms with Gasteiger partial charge in [0, 0.05) is 16.5 Å². The third-order valence-electron chi connectivity index (χ3n) is 5.96. The molecule has 168 valence electrons. The van der Waals surface area contributed by atoms with Gasteiger partial charge in [0.15, 0.2) is 0 Å². The second-order valence-corrected chi connectivity index (χ2v) is 9.06. The highest BCUT2D eigenvalue weighted by molar-refractivity contribution is 6.35. The first-order valence-corrected chi connectivity index (χ1v) is 11.4. The van der Waals surface area contributed by atoms with Gasteiger partial charge in [0.25, 0.3) is 0 Å². The SMILES string of the molecule is O=C(O)CCCCCC[C@@H]1[C@@H](CCC(O)/C=C/c2ccc(Cl)cc2Cl)[C@H](O)C[C@@H]1O. The minimum Gasteiger partial charge on any atom is -0.481 e. The van der Waals surface area contributed by atoms with E-state index in [0.29, 0.717) is 35.7 Å². The van der Waals surface area contributed by atoms with Crippen LogP contribution in [0.3, 0.4) is 0 Å². The van der Waals surface area contributed by atoms with Crippen molar-refractivity contribution in [1.82, 2.24) is 0 Å². The van der Waals surface area contributed by atoms with E-state index in [-0.39, 0.29) is 18.3 Å². The normalized spacial score (nSPS) is 25.1. The van der Waals surface area contributed by atoms with Crippen molar-refractivity contribution < 1.29 is 25.2 Å². The minimum absolute atomic E-state index is 0.0152. The lowest BCUT2D eigenvalue weighted by molar-refractivity contribution is -0.137. The van der Waals surface area contributed by atoms with Crippen molar-refractivity contribution in [3.8, 4) is 0 Å². The summed E-state index contributed by atoms with van der Waals surface area (Å²) in [6.07, 6.45) is 7.55. The number of hydrogen-bond acceptors (Lipinski definition) is 4. The predicted octanol–water partition coefficient (Wildman–Crippen LogP) is 4.93. The zero-order chi connectivity index (χ0) is 22.1. The molecule has 1 aliphatic carbocycles. The number of benzene rings is 1. The van der Waals surface area contributed by atoms with Gasteiger partial charge in [-0.3, -0.25) is 4.79 Å². The number of aliphatic hydroxyl groups excluding tert-OH is 3. The van der Waals surface area contributed by atoms with Gasteiger partial charge in [0.1, 0.15) is 0 Å². The van der Waals surface area contributed by atoms with E-state index in [1.807, 2.05) is 0 Å². The van der Waals surface area contributed by atoms with Crippen LogP contribution < -0.4 is 0 Å². The number of unbranched alkanes of at least 4 members (excludes halogenated alkanes) is 3. The van der Waals surface area contributed by atoms with Crippen molar-refractivity contribution in [3.05, 3.63) is 39.9 Å². The number of aliphatic hydroxyl groups is 3. The molecule has 1 aromatic rings. The molecule has 2 rings (SSSR count). The van der Waals surface area contributed by atoms with Crippen LogP contribution in [0.15, 0.2) is 24.3 Å². The number of carboxylic acids is 1. The van der Waals surface area contributed by atoms with Crippen molar-refractivity contribution in [3.63, 3.8) is 0 Å². The summed E-state index contributed by atoms with van der Waals surface area (Å²) in [4.78, 5) is 10.5. The molecule has 0 spiro atoms. The van der Waals surface area contributed by atoms with Gasteiger partial charge >= 0.3 is 5.97 Å². The van der Waals surface area contributed by atoms with E-state index in [1.165, 1.54) is 0 Å². The Labute approximate surface area is 188 Å². The lowest BCUT2D eigenvalue weighted by Crippen LogP contribution is -2.23. The van der Waals surface area contributed by atoms with Crippen molar-refractivity contribution in [2.45, 2.75) is 76.1 Å². The number of hydrogen-bond donors (Lipinski definition) is 4. The van der Waals surface area contributed by atoms with E-state index in [9.17, 15) is 20.1 Å². The van der Waals surface area contributed by atoms with Crippen molar-refractivity contribution in [1.29, 1.82) is 0 Å². The summed E-state index contributed by atoms with van der Waals surface area (Å²) in [6, 6.07) is 5.18. The van der Waals surface area contributed by atoms with E-state index in [1.54, 1.807) is 30.4 Å². The fourth-order valence-electron chi connectivity index (χ4n) is 4.30. The molecule has 1 aromatic carbocycles. The molecule has 0 aliphatic heterocycles. The summed E-state index contributed by atoms with van der Waals surface area (Å²) in [5.74, 6) is -0.794. The molecule has 1 saturated carbocycles. The Bertz CT molecular complexity index is 709. The van der Waals surface area contributed by atoms with Crippen molar-refractivity contribution in [2.75, 3.05) is 0 Å². The lowest BCUT2D eigenvalue weighted by Gasteiger charge is -2.24. The zero-order valence-corrected chi connectivity index (χ0v) is 18.6. The first kappa shape index (κ1) is 25.2. The molecule has 30 heavy (non-hydrogen) atoms. The quantitative estimate of drug-likeness (QED) is 0.332. The number of carbonyl (C=O) groups is 1. The van der Waals surface area contributed by atoms with E-state index < -0.39 is 24.3 Å². The molecule has 0 bridgehead atoms. The molecule has 0 aromatic heterocycles. The Morgan fingerprint density at radius 3 is 2.40 bits per heavy atom. The molecule has 7 heteroatoms. The fraction of sp³-hybridized carbons (Fsp3) is 0.609. The molecule has 1 unspecified atom stereocenters. The van der Waals surface area contributed by atoms with Crippen LogP contribution >= 0.6 is 23.2 Å². The van der Waals surface area contributed by atoms with Crippen molar-refractivity contribution >= 4 is 35.2 Å². The molecular weight excluding hydrogens is 427 g/mol. The van der Waals surface area contributed by atoms with Crippen LogP contribution in [-0.4, -0.2) is 44.7 Å². The second kappa shape index (κ2) is 12.7. The standard InChI is InChI=1S/C23H32Cl2O5/c24-16-9-7-15(20(25)13-16)8-10-17(26)11-12-19-18(21(27)14-22(19)28)5-3-1-2-4-6-23(29)30/h7-10,13,17-19,21-22,26-28H,1-6,11-12,14H2,(H,29,30)/b10-8+/t17?,18-,19-,21+,22-/m1/s1. The minimum atomic E-state index is -0.768. The largest absolute Gasteiger partial charge is 0.481 e. The van der Waals surface area contributed by atoms with Gasteiger partial charge in [0.05, 0.1) is 18.3 Å². The average molecular weight is 459 g/mol. The molecule has 1 aliphatic rings. The first-order valence-electron chi connectivity index (χ1n) is 10.7.